The van der Waals surface area contributed by atoms with Gasteiger partial charge in [0.2, 0.25) is 0 Å². The van der Waals surface area contributed by atoms with Gasteiger partial charge in [0.1, 0.15) is 5.76 Å². The average molecular weight is 251 g/mol. The summed E-state index contributed by atoms with van der Waals surface area (Å²) in [6.07, 6.45) is 3.76. The third-order valence-electron chi connectivity index (χ3n) is 1.82. The molecule has 0 atom stereocenters. The van der Waals surface area contributed by atoms with Crippen molar-refractivity contribution < 1.29 is 4.42 Å². The average Bonchev–Trinajstić information content (AvgIpc) is 2.58. The van der Waals surface area contributed by atoms with Gasteiger partial charge in [0.25, 0.3) is 0 Å². The van der Waals surface area contributed by atoms with Gasteiger partial charge in [0, 0.05) is 0 Å². The van der Waals surface area contributed by atoms with E-state index in [1.54, 1.807) is 6.07 Å². The van der Waals surface area contributed by atoms with Gasteiger partial charge in [0.15, 0.2) is 5.22 Å². The third kappa shape index (κ3) is 5.23. The van der Waals surface area contributed by atoms with Crippen molar-refractivity contribution in [2.75, 3.05) is 11.5 Å². The van der Waals surface area contributed by atoms with Gasteiger partial charge < -0.3 is 4.42 Å². The van der Waals surface area contributed by atoms with Gasteiger partial charge in [-0.25, -0.2) is 0 Å². The Balaban J connectivity index is 1.99. The predicted octanol–water partition coefficient (Wildman–Crippen LogP) is 4.27. The molecule has 0 bridgehead atoms. The van der Waals surface area contributed by atoms with Crippen LogP contribution >= 0.6 is 36.0 Å². The summed E-state index contributed by atoms with van der Waals surface area (Å²) in [5, 5.41) is 0.482. The number of hydrogen-bond donors (Lipinski definition) is 1. The molecule has 1 aromatic rings. The molecule has 0 radical (unpaired) electrons. The minimum absolute atomic E-state index is 0.482. The van der Waals surface area contributed by atoms with E-state index in [2.05, 4.69) is 12.6 Å². The van der Waals surface area contributed by atoms with Gasteiger partial charge in [-0.05, 0) is 48.1 Å². The molecule has 0 spiro atoms. The summed E-state index contributed by atoms with van der Waals surface area (Å²) in [7, 11) is 0. The fourth-order valence-corrected chi connectivity index (χ4v) is 2.39. The summed E-state index contributed by atoms with van der Waals surface area (Å²) in [6.45, 7) is 0. The molecule has 0 aliphatic heterocycles. The maximum Gasteiger partial charge on any atom is 0.193 e. The molecule has 1 nitrogen and oxygen atoms in total. The van der Waals surface area contributed by atoms with Gasteiger partial charge >= 0.3 is 0 Å². The summed E-state index contributed by atoms with van der Waals surface area (Å²) in [6, 6.07) is 3.72. The first-order valence-electron chi connectivity index (χ1n) is 4.76. The second-order valence-electron chi connectivity index (χ2n) is 3.04. The molecule has 0 aromatic carbocycles. The molecule has 80 valence electrons. The number of thiol groups is 1. The topological polar surface area (TPSA) is 13.1 Å². The van der Waals surface area contributed by atoms with E-state index in [4.69, 9.17) is 16.0 Å². The van der Waals surface area contributed by atoms with Crippen LogP contribution in [0, 0.1) is 0 Å². The quantitative estimate of drug-likeness (QED) is 0.574. The largest absolute Gasteiger partial charge is 0.449 e. The molecule has 0 amide bonds. The summed E-state index contributed by atoms with van der Waals surface area (Å²) < 4.78 is 5.24. The number of rotatable bonds is 7. The molecule has 0 saturated carbocycles. The van der Waals surface area contributed by atoms with Crippen molar-refractivity contribution in [3.05, 3.63) is 23.1 Å². The van der Waals surface area contributed by atoms with E-state index in [-0.39, 0.29) is 0 Å². The van der Waals surface area contributed by atoms with Gasteiger partial charge in [-0.3, -0.25) is 0 Å². The zero-order chi connectivity index (χ0) is 10.2. The van der Waals surface area contributed by atoms with Crippen LogP contribution in [0.2, 0.25) is 5.22 Å². The Morgan fingerprint density at radius 2 is 2.14 bits per heavy atom. The smallest absolute Gasteiger partial charge is 0.193 e. The Labute approximate surface area is 100.0 Å². The first-order chi connectivity index (χ1) is 6.83. The van der Waals surface area contributed by atoms with E-state index < -0.39 is 0 Å². The lowest BCUT2D eigenvalue weighted by molar-refractivity contribution is 0.532. The standard InChI is InChI=1S/C10H15ClOS2/c11-10-5-4-9(12-10)8-14-7-3-1-2-6-13/h4-5,13H,1-3,6-8H2. The van der Waals surface area contributed by atoms with Crippen molar-refractivity contribution in [1.82, 2.24) is 0 Å². The van der Waals surface area contributed by atoms with Crippen LogP contribution in [0.15, 0.2) is 16.5 Å². The monoisotopic (exact) mass is 250 g/mol. The van der Waals surface area contributed by atoms with Crippen molar-refractivity contribution in [3.8, 4) is 0 Å². The first kappa shape index (κ1) is 12.3. The lowest BCUT2D eigenvalue weighted by Crippen LogP contribution is -1.83. The highest BCUT2D eigenvalue weighted by molar-refractivity contribution is 7.98. The van der Waals surface area contributed by atoms with Gasteiger partial charge in [-0.2, -0.15) is 24.4 Å². The number of hydrogen-bond acceptors (Lipinski definition) is 3. The minimum Gasteiger partial charge on any atom is -0.449 e. The second-order valence-corrected chi connectivity index (χ2v) is 4.97. The van der Waals surface area contributed by atoms with E-state index in [9.17, 15) is 0 Å². The number of halogens is 1. The molecule has 0 saturated heterocycles. The Hall–Kier alpha value is 0.270. The van der Waals surface area contributed by atoms with Crippen molar-refractivity contribution in [1.29, 1.82) is 0 Å². The van der Waals surface area contributed by atoms with Crippen LogP contribution in [-0.4, -0.2) is 11.5 Å². The molecule has 0 fully saturated rings. The first-order valence-corrected chi connectivity index (χ1v) is 6.92. The van der Waals surface area contributed by atoms with Crippen LogP contribution in [0.25, 0.3) is 0 Å². The second kappa shape index (κ2) is 7.55. The van der Waals surface area contributed by atoms with Gasteiger partial charge in [-0.1, -0.05) is 6.42 Å². The molecule has 1 rings (SSSR count). The van der Waals surface area contributed by atoms with Crippen LogP contribution in [-0.2, 0) is 5.75 Å². The fraction of sp³-hybridized carbons (Fsp3) is 0.600. The van der Waals surface area contributed by atoms with Crippen molar-refractivity contribution in [2.45, 2.75) is 25.0 Å². The van der Waals surface area contributed by atoms with E-state index in [1.165, 1.54) is 25.0 Å². The van der Waals surface area contributed by atoms with Crippen LogP contribution < -0.4 is 0 Å². The summed E-state index contributed by atoms with van der Waals surface area (Å²) in [5.41, 5.74) is 0. The predicted molar refractivity (Wildman–Crippen MR) is 67.6 cm³/mol. The Morgan fingerprint density at radius 1 is 1.29 bits per heavy atom. The molecule has 0 aliphatic carbocycles. The maximum atomic E-state index is 5.66. The lowest BCUT2D eigenvalue weighted by Gasteiger charge is -1.98. The highest BCUT2D eigenvalue weighted by Gasteiger charge is 1.99. The van der Waals surface area contributed by atoms with Gasteiger partial charge in [0.05, 0.1) is 5.75 Å². The van der Waals surface area contributed by atoms with Crippen LogP contribution in [0.4, 0.5) is 0 Å². The zero-order valence-corrected chi connectivity index (χ0v) is 10.5. The van der Waals surface area contributed by atoms with Crippen molar-refractivity contribution in [3.63, 3.8) is 0 Å². The third-order valence-corrected chi connectivity index (χ3v) is 3.41. The molecule has 4 heteroatoms. The van der Waals surface area contributed by atoms with E-state index in [1.807, 2.05) is 17.8 Å². The Morgan fingerprint density at radius 3 is 2.79 bits per heavy atom. The molecular formula is C10H15ClOS2. The Kier molecular flexibility index (Phi) is 6.65. The van der Waals surface area contributed by atoms with E-state index in [0.29, 0.717) is 5.22 Å². The molecule has 0 N–H and O–H groups in total. The maximum absolute atomic E-state index is 5.66. The number of unbranched alkanes of at least 4 members (excludes halogenated alkanes) is 2. The summed E-state index contributed by atoms with van der Waals surface area (Å²) in [5.74, 6) is 4.08. The molecule has 1 heterocycles. The van der Waals surface area contributed by atoms with E-state index >= 15 is 0 Å². The van der Waals surface area contributed by atoms with E-state index in [0.717, 1.165) is 17.3 Å². The molecule has 1 aromatic heterocycles. The lowest BCUT2D eigenvalue weighted by atomic mass is 10.3. The fourth-order valence-electron chi connectivity index (χ4n) is 1.09. The highest BCUT2D eigenvalue weighted by atomic mass is 35.5. The normalized spacial score (nSPS) is 10.7. The number of thioether (sulfide) groups is 1. The summed E-state index contributed by atoms with van der Waals surface area (Å²) in [4.78, 5) is 0. The summed E-state index contributed by atoms with van der Waals surface area (Å²) >= 11 is 11.7. The zero-order valence-electron chi connectivity index (χ0n) is 8.04. The van der Waals surface area contributed by atoms with Crippen molar-refractivity contribution in [2.24, 2.45) is 0 Å². The minimum atomic E-state index is 0.482. The molecule has 0 unspecified atom stereocenters. The number of furan rings is 1. The van der Waals surface area contributed by atoms with Crippen LogP contribution in [0.5, 0.6) is 0 Å². The SMILES string of the molecule is SCCCCCSCc1ccc(Cl)o1. The highest BCUT2D eigenvalue weighted by Crippen LogP contribution is 2.19. The molecular weight excluding hydrogens is 236 g/mol. The molecule has 0 aliphatic rings. The van der Waals surface area contributed by atoms with Crippen molar-refractivity contribution >= 4 is 36.0 Å². The van der Waals surface area contributed by atoms with Crippen LogP contribution in [0.3, 0.4) is 0 Å². The molecule has 14 heavy (non-hydrogen) atoms. The Bertz CT molecular complexity index is 250. The van der Waals surface area contributed by atoms with Crippen LogP contribution in [0.1, 0.15) is 25.0 Å². The van der Waals surface area contributed by atoms with Gasteiger partial charge in [-0.15, -0.1) is 0 Å².